The number of nitrogens with zero attached hydrogens (tertiary/aromatic N) is 1. The second-order valence-electron chi connectivity index (χ2n) is 4.93. The highest BCUT2D eigenvalue weighted by Gasteiger charge is 2.13. The zero-order valence-electron chi connectivity index (χ0n) is 12.1. The molecule has 0 aliphatic carbocycles. The summed E-state index contributed by atoms with van der Waals surface area (Å²) in [5.41, 5.74) is 12.0. The minimum Gasteiger partial charge on any atom is -0.396 e. The summed E-state index contributed by atoms with van der Waals surface area (Å²) in [5.74, 6) is 0. The molecule has 20 heavy (non-hydrogen) atoms. The van der Waals surface area contributed by atoms with Crippen molar-refractivity contribution in [1.82, 2.24) is 4.98 Å². The van der Waals surface area contributed by atoms with Gasteiger partial charge in [-0.2, -0.15) is 0 Å². The normalized spacial score (nSPS) is 11.7. The first kappa shape index (κ1) is 14.6. The summed E-state index contributed by atoms with van der Waals surface area (Å²) in [6, 6.07) is 6.41. The van der Waals surface area contributed by atoms with E-state index in [0.29, 0.717) is 10.7 Å². The van der Waals surface area contributed by atoms with Crippen molar-refractivity contribution in [2.45, 2.75) is 27.2 Å². The van der Waals surface area contributed by atoms with Crippen LogP contribution in [0, 0.1) is 13.8 Å². The van der Waals surface area contributed by atoms with Crippen LogP contribution in [-0.2, 0) is 0 Å². The molecule has 2 rings (SSSR count). The third-order valence-electron chi connectivity index (χ3n) is 3.28. The van der Waals surface area contributed by atoms with Crippen molar-refractivity contribution in [2.75, 3.05) is 5.73 Å². The van der Waals surface area contributed by atoms with E-state index in [9.17, 15) is 0 Å². The molecule has 3 heteroatoms. The van der Waals surface area contributed by atoms with Crippen LogP contribution >= 0.6 is 11.6 Å². The Balaban J connectivity index is 2.63. The Morgan fingerprint density at radius 2 is 2.00 bits per heavy atom. The molecule has 0 spiro atoms. The number of nitrogens with two attached hydrogens (primary N) is 1. The molecule has 0 saturated heterocycles. The number of hydrogen-bond acceptors (Lipinski definition) is 2. The summed E-state index contributed by atoms with van der Waals surface area (Å²) < 4.78 is 0. The molecule has 0 unspecified atom stereocenters. The van der Waals surface area contributed by atoms with E-state index in [1.165, 1.54) is 16.7 Å². The SMILES string of the molecule is CC/C=C(\c1ccc(C)cc1C)c1cncc(N)c1Cl. The second kappa shape index (κ2) is 6.10. The Labute approximate surface area is 125 Å². The monoisotopic (exact) mass is 286 g/mol. The van der Waals surface area contributed by atoms with Crippen LogP contribution in [0.2, 0.25) is 5.02 Å². The van der Waals surface area contributed by atoms with E-state index in [4.69, 9.17) is 17.3 Å². The average Bonchev–Trinajstić information content (AvgIpc) is 2.40. The van der Waals surface area contributed by atoms with Crippen molar-refractivity contribution < 1.29 is 0 Å². The molecule has 0 saturated carbocycles. The summed E-state index contributed by atoms with van der Waals surface area (Å²) in [6.45, 7) is 6.31. The molecule has 0 bridgehead atoms. The maximum Gasteiger partial charge on any atom is 0.0745 e. The zero-order chi connectivity index (χ0) is 14.7. The molecule has 0 radical (unpaired) electrons. The first-order valence-electron chi connectivity index (χ1n) is 6.71. The lowest BCUT2D eigenvalue weighted by Gasteiger charge is -2.14. The molecule has 1 aromatic carbocycles. The standard InChI is InChI=1S/C17H19ClN2/c1-4-5-14(13-7-6-11(2)8-12(13)3)15-9-20-10-16(19)17(15)18/h5-10H,4,19H2,1-3H3/b14-5+. The van der Waals surface area contributed by atoms with Gasteiger partial charge >= 0.3 is 0 Å². The second-order valence-corrected chi connectivity index (χ2v) is 5.31. The molecule has 0 fully saturated rings. The third kappa shape index (κ3) is 2.86. The van der Waals surface area contributed by atoms with Crippen LogP contribution in [0.25, 0.3) is 5.57 Å². The van der Waals surface area contributed by atoms with Gasteiger partial charge in [-0.05, 0) is 37.0 Å². The third-order valence-corrected chi connectivity index (χ3v) is 3.70. The minimum atomic E-state index is 0.510. The average molecular weight is 287 g/mol. The van der Waals surface area contributed by atoms with Gasteiger partial charge in [0.25, 0.3) is 0 Å². The highest BCUT2D eigenvalue weighted by atomic mass is 35.5. The van der Waals surface area contributed by atoms with Crippen molar-refractivity contribution in [3.8, 4) is 0 Å². The molecule has 1 aromatic heterocycles. The largest absolute Gasteiger partial charge is 0.396 e. The zero-order valence-corrected chi connectivity index (χ0v) is 12.8. The number of halogens is 1. The van der Waals surface area contributed by atoms with Gasteiger partial charge in [0.15, 0.2) is 0 Å². The van der Waals surface area contributed by atoms with Gasteiger partial charge in [0, 0.05) is 11.8 Å². The summed E-state index contributed by atoms with van der Waals surface area (Å²) >= 11 is 6.35. The molecule has 2 nitrogen and oxygen atoms in total. The lowest BCUT2D eigenvalue weighted by atomic mass is 9.93. The van der Waals surface area contributed by atoms with Crippen molar-refractivity contribution in [1.29, 1.82) is 0 Å². The summed E-state index contributed by atoms with van der Waals surface area (Å²) in [5, 5.41) is 0.569. The first-order chi connectivity index (χ1) is 9.54. The predicted octanol–water partition coefficient (Wildman–Crippen LogP) is 4.78. The van der Waals surface area contributed by atoms with Crippen LogP contribution in [0.1, 0.15) is 35.6 Å². The topological polar surface area (TPSA) is 38.9 Å². The van der Waals surface area contributed by atoms with Gasteiger partial charge in [0.2, 0.25) is 0 Å². The Morgan fingerprint density at radius 1 is 1.25 bits per heavy atom. The fraction of sp³-hybridized carbons (Fsp3) is 0.235. The van der Waals surface area contributed by atoms with Crippen LogP contribution in [0.5, 0.6) is 0 Å². The molecule has 2 N–H and O–H groups in total. The van der Waals surface area contributed by atoms with Gasteiger partial charge in [-0.25, -0.2) is 0 Å². The lowest BCUT2D eigenvalue weighted by molar-refractivity contribution is 1.21. The Bertz CT molecular complexity index is 660. The molecular formula is C17H19ClN2. The van der Waals surface area contributed by atoms with Crippen molar-refractivity contribution in [3.05, 3.63) is 63.9 Å². The number of aromatic nitrogens is 1. The number of rotatable bonds is 3. The molecule has 0 amide bonds. The van der Waals surface area contributed by atoms with Crippen molar-refractivity contribution >= 4 is 22.9 Å². The lowest BCUT2D eigenvalue weighted by Crippen LogP contribution is -1.97. The van der Waals surface area contributed by atoms with E-state index in [0.717, 1.165) is 17.6 Å². The molecule has 1 heterocycles. The van der Waals surface area contributed by atoms with Crippen molar-refractivity contribution in [3.63, 3.8) is 0 Å². The van der Waals surface area contributed by atoms with E-state index < -0.39 is 0 Å². The number of allylic oxidation sites excluding steroid dienone is 1. The van der Waals surface area contributed by atoms with E-state index in [1.54, 1.807) is 12.4 Å². The molecule has 104 valence electrons. The van der Waals surface area contributed by atoms with Gasteiger partial charge in [-0.3, -0.25) is 4.98 Å². The van der Waals surface area contributed by atoms with Gasteiger partial charge in [0.05, 0.1) is 16.9 Å². The molecule has 0 atom stereocenters. The fourth-order valence-corrected chi connectivity index (χ4v) is 2.53. The van der Waals surface area contributed by atoms with E-state index >= 15 is 0 Å². The summed E-state index contributed by atoms with van der Waals surface area (Å²) in [4.78, 5) is 4.17. The van der Waals surface area contributed by atoms with E-state index in [2.05, 4.69) is 50.0 Å². The highest BCUT2D eigenvalue weighted by Crippen LogP contribution is 2.33. The Kier molecular flexibility index (Phi) is 4.46. The fourth-order valence-electron chi connectivity index (χ4n) is 2.33. The van der Waals surface area contributed by atoms with E-state index in [1.807, 2.05) is 0 Å². The molecule has 0 aliphatic rings. The number of nitrogen functional groups attached to an aromatic ring is 1. The quantitative estimate of drug-likeness (QED) is 0.882. The first-order valence-corrected chi connectivity index (χ1v) is 7.09. The predicted molar refractivity (Wildman–Crippen MR) is 86.9 cm³/mol. The Hall–Kier alpha value is -1.80. The van der Waals surface area contributed by atoms with E-state index in [-0.39, 0.29) is 0 Å². The molecule has 0 aliphatic heterocycles. The number of hydrogen-bond donors (Lipinski definition) is 1. The van der Waals surface area contributed by atoms with Gasteiger partial charge in [-0.15, -0.1) is 0 Å². The van der Waals surface area contributed by atoms with Gasteiger partial charge < -0.3 is 5.73 Å². The highest BCUT2D eigenvalue weighted by molar-refractivity contribution is 6.35. The molecule has 2 aromatic rings. The maximum absolute atomic E-state index is 6.35. The van der Waals surface area contributed by atoms with Gasteiger partial charge in [0.1, 0.15) is 0 Å². The smallest absolute Gasteiger partial charge is 0.0745 e. The molecular weight excluding hydrogens is 268 g/mol. The van der Waals surface area contributed by atoms with Crippen LogP contribution < -0.4 is 5.73 Å². The Morgan fingerprint density at radius 3 is 2.65 bits per heavy atom. The number of benzene rings is 1. The number of aryl methyl sites for hydroxylation is 2. The van der Waals surface area contributed by atoms with Crippen molar-refractivity contribution in [2.24, 2.45) is 0 Å². The van der Waals surface area contributed by atoms with Crippen LogP contribution in [0.3, 0.4) is 0 Å². The van der Waals surface area contributed by atoms with Crippen LogP contribution in [-0.4, -0.2) is 4.98 Å². The number of anilines is 1. The summed E-state index contributed by atoms with van der Waals surface area (Å²) in [7, 11) is 0. The van der Waals surface area contributed by atoms with Crippen LogP contribution in [0.4, 0.5) is 5.69 Å². The minimum absolute atomic E-state index is 0.510. The van der Waals surface area contributed by atoms with Crippen LogP contribution in [0.15, 0.2) is 36.7 Å². The number of pyridine rings is 1. The summed E-state index contributed by atoms with van der Waals surface area (Å²) in [6.07, 6.45) is 6.45. The maximum atomic E-state index is 6.35. The van der Waals surface area contributed by atoms with Gasteiger partial charge in [-0.1, -0.05) is 48.4 Å².